The predicted molar refractivity (Wildman–Crippen MR) is 97.1 cm³/mol. The van der Waals surface area contributed by atoms with E-state index in [2.05, 4.69) is 21.2 Å². The Bertz CT molecular complexity index is 763. The van der Waals surface area contributed by atoms with Crippen molar-refractivity contribution in [2.24, 2.45) is 23.7 Å². The van der Waals surface area contributed by atoms with Crippen LogP contribution in [0.15, 0.2) is 40.9 Å². The molecular formula is C19H19BrN2O4. The van der Waals surface area contributed by atoms with Gasteiger partial charge in [-0.3, -0.25) is 19.3 Å². The number of hydrogen-bond acceptors (Lipinski definition) is 4. The minimum absolute atomic E-state index is 0.160. The van der Waals surface area contributed by atoms with Crippen LogP contribution >= 0.6 is 15.9 Å². The zero-order valence-corrected chi connectivity index (χ0v) is 15.6. The molecule has 1 saturated carbocycles. The summed E-state index contributed by atoms with van der Waals surface area (Å²) < 4.78 is 6.46. The van der Waals surface area contributed by atoms with E-state index in [1.807, 2.05) is 36.4 Å². The maximum Gasteiger partial charge on any atom is 0.240 e. The quantitative estimate of drug-likeness (QED) is 0.433. The molecule has 0 aromatic heterocycles. The van der Waals surface area contributed by atoms with Crippen LogP contribution in [0, 0.1) is 23.7 Å². The molecule has 3 aliphatic rings. The van der Waals surface area contributed by atoms with Gasteiger partial charge in [0.05, 0.1) is 18.4 Å². The summed E-state index contributed by atoms with van der Waals surface area (Å²) in [6.45, 7) is 0.408. The monoisotopic (exact) mass is 418 g/mol. The number of likely N-dealkylation sites (tertiary alicyclic amines) is 1. The molecule has 0 radical (unpaired) electrons. The number of amides is 3. The number of nitrogens with zero attached hydrogens (tertiary/aromatic N) is 1. The second kappa shape index (κ2) is 6.87. The first kappa shape index (κ1) is 17.3. The standard InChI is InChI=1S/C19H19BrN2O4/c20-13-2-1-3-14(9-13)26-7-6-21-15(23)10-22-18(24)16-11-4-5-12(8-11)17(16)19(22)25/h1-5,9,11-12,16-17H,6-8,10H2,(H,21,23)/t11-,12-,16+,17+/m0/s1. The van der Waals surface area contributed by atoms with Crippen LogP contribution in [0.5, 0.6) is 5.75 Å². The van der Waals surface area contributed by atoms with Crippen LogP contribution in [0.25, 0.3) is 0 Å². The normalized spacial score (nSPS) is 28.6. The number of allylic oxidation sites excluding steroid dienone is 2. The largest absolute Gasteiger partial charge is 0.492 e. The first-order chi connectivity index (χ1) is 12.5. The van der Waals surface area contributed by atoms with Crippen molar-refractivity contribution >= 4 is 33.7 Å². The van der Waals surface area contributed by atoms with Crippen molar-refractivity contribution < 1.29 is 19.1 Å². The third kappa shape index (κ3) is 3.05. The van der Waals surface area contributed by atoms with Gasteiger partial charge < -0.3 is 10.1 Å². The summed E-state index contributed by atoms with van der Waals surface area (Å²) >= 11 is 3.36. The van der Waals surface area contributed by atoms with Crippen molar-refractivity contribution in [2.45, 2.75) is 6.42 Å². The number of halogens is 1. The number of imide groups is 1. The van der Waals surface area contributed by atoms with Crippen LogP contribution in [0.2, 0.25) is 0 Å². The summed E-state index contributed by atoms with van der Waals surface area (Å²) in [4.78, 5) is 38.3. The van der Waals surface area contributed by atoms with Gasteiger partial charge in [0.2, 0.25) is 17.7 Å². The molecule has 4 atom stereocenters. The number of ether oxygens (including phenoxy) is 1. The van der Waals surface area contributed by atoms with E-state index in [1.54, 1.807) is 0 Å². The second-order valence-electron chi connectivity index (χ2n) is 6.92. The molecule has 1 N–H and O–H groups in total. The molecule has 0 spiro atoms. The molecule has 2 bridgehead atoms. The van der Waals surface area contributed by atoms with Crippen molar-refractivity contribution in [2.75, 3.05) is 19.7 Å². The van der Waals surface area contributed by atoms with Gasteiger partial charge >= 0.3 is 0 Å². The molecule has 6 nitrogen and oxygen atoms in total. The second-order valence-corrected chi connectivity index (χ2v) is 7.83. The van der Waals surface area contributed by atoms with Crippen molar-refractivity contribution in [3.63, 3.8) is 0 Å². The van der Waals surface area contributed by atoms with Crippen LogP contribution in [-0.4, -0.2) is 42.3 Å². The smallest absolute Gasteiger partial charge is 0.240 e. The summed E-state index contributed by atoms with van der Waals surface area (Å²) in [7, 11) is 0. The molecule has 4 rings (SSSR count). The van der Waals surface area contributed by atoms with Gasteiger partial charge in [-0.15, -0.1) is 0 Å². The van der Waals surface area contributed by atoms with Gasteiger partial charge in [-0.25, -0.2) is 0 Å². The lowest BCUT2D eigenvalue weighted by atomic mass is 9.85. The lowest BCUT2D eigenvalue weighted by Gasteiger charge is -2.16. The lowest BCUT2D eigenvalue weighted by Crippen LogP contribution is -2.42. The number of hydrogen-bond donors (Lipinski definition) is 1. The molecule has 1 aliphatic heterocycles. The van der Waals surface area contributed by atoms with E-state index < -0.39 is 0 Å². The fourth-order valence-electron chi connectivity index (χ4n) is 4.24. The molecule has 1 aromatic rings. The predicted octanol–water partition coefficient (Wildman–Crippen LogP) is 1.75. The molecule has 1 aromatic carbocycles. The number of rotatable bonds is 6. The van der Waals surface area contributed by atoms with Crippen LogP contribution in [0.4, 0.5) is 0 Å². The van der Waals surface area contributed by atoms with Crippen molar-refractivity contribution in [3.8, 4) is 5.75 Å². The summed E-state index contributed by atoms with van der Waals surface area (Å²) in [5.74, 6) is -0.231. The number of fused-ring (bicyclic) bond motifs is 5. The van der Waals surface area contributed by atoms with E-state index in [9.17, 15) is 14.4 Å². The van der Waals surface area contributed by atoms with E-state index in [-0.39, 0.29) is 47.9 Å². The molecule has 7 heteroatoms. The third-order valence-corrected chi connectivity index (χ3v) is 5.85. The lowest BCUT2D eigenvalue weighted by molar-refractivity contribution is -0.144. The van der Waals surface area contributed by atoms with Crippen molar-refractivity contribution in [3.05, 3.63) is 40.9 Å². The van der Waals surface area contributed by atoms with Crippen LogP contribution < -0.4 is 10.1 Å². The Morgan fingerprint density at radius 1 is 1.19 bits per heavy atom. The Kier molecular flexibility index (Phi) is 4.56. The minimum atomic E-state index is -0.343. The molecule has 2 aliphatic carbocycles. The molecule has 26 heavy (non-hydrogen) atoms. The summed E-state index contributed by atoms with van der Waals surface area (Å²) in [6.07, 6.45) is 4.97. The Balaban J connectivity index is 1.25. The number of nitrogens with one attached hydrogen (secondary N) is 1. The van der Waals surface area contributed by atoms with E-state index in [0.717, 1.165) is 15.8 Å². The summed E-state index contributed by atoms with van der Waals surface area (Å²) in [5, 5.41) is 2.70. The van der Waals surface area contributed by atoms with E-state index >= 15 is 0 Å². The minimum Gasteiger partial charge on any atom is -0.492 e. The van der Waals surface area contributed by atoms with Gasteiger partial charge in [0.1, 0.15) is 18.9 Å². The zero-order chi connectivity index (χ0) is 18.3. The van der Waals surface area contributed by atoms with Gasteiger partial charge in [-0.1, -0.05) is 34.1 Å². The molecule has 1 saturated heterocycles. The Morgan fingerprint density at radius 2 is 1.88 bits per heavy atom. The average Bonchev–Trinajstić information content (AvgIpc) is 3.29. The zero-order valence-electron chi connectivity index (χ0n) is 14.1. The first-order valence-corrected chi connectivity index (χ1v) is 9.52. The van der Waals surface area contributed by atoms with E-state index in [4.69, 9.17) is 4.74 Å². The van der Waals surface area contributed by atoms with Crippen molar-refractivity contribution in [1.82, 2.24) is 10.2 Å². The average molecular weight is 419 g/mol. The maximum atomic E-state index is 12.5. The maximum absolute atomic E-state index is 12.5. The molecule has 2 fully saturated rings. The molecule has 136 valence electrons. The van der Waals surface area contributed by atoms with Crippen LogP contribution in [-0.2, 0) is 14.4 Å². The highest BCUT2D eigenvalue weighted by Gasteiger charge is 2.59. The van der Waals surface area contributed by atoms with Crippen molar-refractivity contribution in [1.29, 1.82) is 0 Å². The van der Waals surface area contributed by atoms with Crippen LogP contribution in [0.3, 0.4) is 0 Å². The molecule has 3 amide bonds. The van der Waals surface area contributed by atoms with Crippen LogP contribution in [0.1, 0.15) is 6.42 Å². The summed E-state index contributed by atoms with van der Waals surface area (Å²) in [6, 6.07) is 7.43. The highest BCUT2D eigenvalue weighted by Crippen LogP contribution is 2.52. The number of benzene rings is 1. The molecule has 1 heterocycles. The van der Waals surface area contributed by atoms with Gasteiger partial charge in [0, 0.05) is 4.47 Å². The molecule has 0 unspecified atom stereocenters. The topological polar surface area (TPSA) is 75.7 Å². The molecular weight excluding hydrogens is 400 g/mol. The first-order valence-electron chi connectivity index (χ1n) is 8.73. The Labute approximate surface area is 159 Å². The van der Waals surface area contributed by atoms with Gasteiger partial charge in [0.15, 0.2) is 0 Å². The van der Waals surface area contributed by atoms with Gasteiger partial charge in [0.25, 0.3) is 0 Å². The van der Waals surface area contributed by atoms with E-state index in [0.29, 0.717) is 18.9 Å². The van der Waals surface area contributed by atoms with Gasteiger partial charge in [-0.2, -0.15) is 0 Å². The number of carbonyl (C=O) groups excluding carboxylic acids is 3. The SMILES string of the molecule is O=C(CN1C(=O)[C@H]2[C@H](C1=O)[C@H]1C=C[C@H]2C1)NCCOc1cccc(Br)c1. The fraction of sp³-hybridized carbons (Fsp3) is 0.421. The highest BCUT2D eigenvalue weighted by atomic mass is 79.9. The number of carbonyl (C=O) groups is 3. The van der Waals surface area contributed by atoms with Gasteiger partial charge in [-0.05, 0) is 36.5 Å². The highest BCUT2D eigenvalue weighted by molar-refractivity contribution is 9.10. The summed E-state index contributed by atoms with van der Waals surface area (Å²) in [5.41, 5.74) is 0. The Morgan fingerprint density at radius 3 is 2.54 bits per heavy atom. The Hall–Kier alpha value is -2.15. The van der Waals surface area contributed by atoms with E-state index in [1.165, 1.54) is 0 Å². The fourth-order valence-corrected chi connectivity index (χ4v) is 4.61. The third-order valence-electron chi connectivity index (χ3n) is 5.35.